The number of anilines is 1. The summed E-state index contributed by atoms with van der Waals surface area (Å²) in [5.74, 6) is -1.09. The number of rotatable bonds is 5. The number of aromatic nitrogens is 2. The van der Waals surface area contributed by atoms with Crippen molar-refractivity contribution in [2.24, 2.45) is 0 Å². The van der Waals surface area contributed by atoms with Crippen molar-refractivity contribution >= 4 is 17.2 Å². The predicted molar refractivity (Wildman–Crippen MR) is 104 cm³/mol. The van der Waals surface area contributed by atoms with Crippen LogP contribution in [0.4, 0.5) is 14.5 Å². The molecule has 0 bridgehead atoms. The Labute approximate surface area is 160 Å². The highest BCUT2D eigenvalue weighted by Gasteiger charge is 2.16. The number of nitrogens with zero attached hydrogens (tertiary/aromatic N) is 2. The lowest BCUT2D eigenvalue weighted by molar-refractivity contribution is -0.116. The first-order valence-corrected chi connectivity index (χ1v) is 8.88. The smallest absolute Gasteiger partial charge is 0.224 e. The fourth-order valence-corrected chi connectivity index (χ4v) is 3.13. The van der Waals surface area contributed by atoms with Gasteiger partial charge in [-0.2, -0.15) is 0 Å². The fraction of sp³-hybridized carbons (Fsp3) is 0.0909. The summed E-state index contributed by atoms with van der Waals surface area (Å²) in [5.41, 5.74) is 3.21. The molecule has 2 aromatic carbocycles. The third kappa shape index (κ3) is 3.62. The summed E-state index contributed by atoms with van der Waals surface area (Å²) in [5, 5.41) is 2.59. The first kappa shape index (κ1) is 17.9. The number of pyridine rings is 1. The van der Waals surface area contributed by atoms with Crippen LogP contribution in [0.1, 0.15) is 12.1 Å². The molecule has 0 radical (unpaired) electrons. The van der Waals surface area contributed by atoms with E-state index in [1.165, 1.54) is 24.3 Å². The van der Waals surface area contributed by atoms with Crippen molar-refractivity contribution in [1.29, 1.82) is 0 Å². The van der Waals surface area contributed by atoms with E-state index in [0.717, 1.165) is 16.9 Å². The highest BCUT2D eigenvalue weighted by atomic mass is 19.1. The van der Waals surface area contributed by atoms with E-state index in [4.69, 9.17) is 0 Å². The molecule has 0 spiro atoms. The van der Waals surface area contributed by atoms with Gasteiger partial charge in [-0.15, -0.1) is 0 Å². The van der Waals surface area contributed by atoms with Gasteiger partial charge in [0.2, 0.25) is 5.91 Å². The number of aryl methyl sites for hydroxylation is 1. The quantitative estimate of drug-likeness (QED) is 0.540. The van der Waals surface area contributed by atoms with Crippen LogP contribution in [0.5, 0.6) is 0 Å². The molecule has 0 unspecified atom stereocenters. The number of carbonyl (C=O) groups is 1. The summed E-state index contributed by atoms with van der Waals surface area (Å²) in [6.07, 6.45) is 2.43. The lowest BCUT2D eigenvalue weighted by atomic mass is 10.1. The van der Waals surface area contributed by atoms with Gasteiger partial charge in [0.1, 0.15) is 17.3 Å². The van der Waals surface area contributed by atoms with Crippen LogP contribution in [0.3, 0.4) is 0 Å². The molecule has 2 aromatic heterocycles. The van der Waals surface area contributed by atoms with Gasteiger partial charge in [0.15, 0.2) is 0 Å². The molecule has 6 heteroatoms. The van der Waals surface area contributed by atoms with Gasteiger partial charge in [-0.3, -0.25) is 4.79 Å². The van der Waals surface area contributed by atoms with E-state index in [2.05, 4.69) is 10.3 Å². The van der Waals surface area contributed by atoms with E-state index >= 15 is 0 Å². The maximum absolute atomic E-state index is 13.7. The predicted octanol–water partition coefficient (Wildman–Crippen LogP) is 4.85. The van der Waals surface area contributed by atoms with Gasteiger partial charge < -0.3 is 9.72 Å². The van der Waals surface area contributed by atoms with Crippen molar-refractivity contribution in [1.82, 2.24) is 9.38 Å². The van der Waals surface area contributed by atoms with Crippen LogP contribution >= 0.6 is 0 Å². The van der Waals surface area contributed by atoms with Gasteiger partial charge in [-0.1, -0.05) is 18.2 Å². The molecule has 0 saturated heterocycles. The highest BCUT2D eigenvalue weighted by Crippen LogP contribution is 2.26. The molecule has 0 aliphatic carbocycles. The summed E-state index contributed by atoms with van der Waals surface area (Å²) in [7, 11) is 0. The zero-order valence-corrected chi connectivity index (χ0v) is 14.9. The Kier molecular flexibility index (Phi) is 4.85. The highest BCUT2D eigenvalue weighted by molar-refractivity contribution is 5.91. The van der Waals surface area contributed by atoms with Crippen molar-refractivity contribution in [3.8, 4) is 11.3 Å². The monoisotopic (exact) mass is 377 g/mol. The lowest BCUT2D eigenvalue weighted by Gasteiger charge is -2.08. The number of hydrogen-bond donors (Lipinski definition) is 1. The van der Waals surface area contributed by atoms with Crippen molar-refractivity contribution in [2.45, 2.75) is 12.8 Å². The number of carbonyl (C=O) groups excluding carboxylic acids is 1. The molecule has 4 aromatic rings. The average molecular weight is 377 g/mol. The lowest BCUT2D eigenvalue weighted by Crippen LogP contribution is -2.14. The Hall–Kier alpha value is -3.54. The summed E-state index contributed by atoms with van der Waals surface area (Å²) in [4.78, 5) is 17.0. The normalized spacial score (nSPS) is 10.9. The van der Waals surface area contributed by atoms with Crippen molar-refractivity contribution in [3.63, 3.8) is 0 Å². The maximum atomic E-state index is 13.7. The third-order valence-corrected chi connectivity index (χ3v) is 4.48. The van der Waals surface area contributed by atoms with E-state index < -0.39 is 5.82 Å². The van der Waals surface area contributed by atoms with E-state index in [-0.39, 0.29) is 23.8 Å². The van der Waals surface area contributed by atoms with Crippen LogP contribution in [0.25, 0.3) is 16.9 Å². The van der Waals surface area contributed by atoms with Crippen LogP contribution in [0.2, 0.25) is 0 Å². The number of nitrogens with one attached hydrogen (secondary N) is 1. The molecule has 0 fully saturated rings. The van der Waals surface area contributed by atoms with Gasteiger partial charge in [0, 0.05) is 18.2 Å². The van der Waals surface area contributed by atoms with Crippen LogP contribution in [-0.2, 0) is 11.2 Å². The van der Waals surface area contributed by atoms with Crippen molar-refractivity contribution in [2.75, 3.05) is 5.32 Å². The Morgan fingerprint density at radius 3 is 2.50 bits per heavy atom. The molecule has 0 aliphatic heterocycles. The molecule has 0 aliphatic rings. The Bertz CT molecular complexity index is 1140. The number of imidazole rings is 1. The zero-order chi connectivity index (χ0) is 19.5. The van der Waals surface area contributed by atoms with Crippen LogP contribution in [0, 0.1) is 11.6 Å². The molecule has 0 atom stereocenters. The van der Waals surface area contributed by atoms with E-state index in [9.17, 15) is 13.6 Å². The second kappa shape index (κ2) is 7.60. The fourth-order valence-electron chi connectivity index (χ4n) is 3.13. The van der Waals surface area contributed by atoms with Gasteiger partial charge >= 0.3 is 0 Å². The van der Waals surface area contributed by atoms with Crippen molar-refractivity contribution in [3.05, 3.63) is 90.3 Å². The minimum atomic E-state index is -0.474. The number of amides is 1. The summed E-state index contributed by atoms with van der Waals surface area (Å²) in [6, 6.07) is 17.8. The molecular formula is C22H17F2N3O. The molecule has 0 saturated carbocycles. The minimum Gasteiger partial charge on any atom is -0.324 e. The Morgan fingerprint density at radius 1 is 0.964 bits per heavy atom. The van der Waals surface area contributed by atoms with E-state index in [1.807, 2.05) is 28.8 Å². The molecule has 1 amide bonds. The van der Waals surface area contributed by atoms with E-state index in [1.54, 1.807) is 24.3 Å². The molecule has 140 valence electrons. The number of benzene rings is 2. The second-order valence-corrected chi connectivity index (χ2v) is 6.37. The summed E-state index contributed by atoms with van der Waals surface area (Å²) in [6.45, 7) is 0. The van der Waals surface area contributed by atoms with Crippen LogP contribution in [0.15, 0.2) is 72.9 Å². The summed E-state index contributed by atoms with van der Waals surface area (Å²) >= 11 is 0. The van der Waals surface area contributed by atoms with Gasteiger partial charge in [0.05, 0.1) is 17.1 Å². The minimum absolute atomic E-state index is 0.157. The number of halogens is 2. The first-order chi connectivity index (χ1) is 13.6. The van der Waals surface area contributed by atoms with Crippen LogP contribution in [-0.4, -0.2) is 15.3 Å². The topological polar surface area (TPSA) is 46.4 Å². The maximum Gasteiger partial charge on any atom is 0.224 e. The number of hydrogen-bond acceptors (Lipinski definition) is 2. The van der Waals surface area contributed by atoms with Gasteiger partial charge in [-0.25, -0.2) is 13.8 Å². The zero-order valence-electron chi connectivity index (χ0n) is 14.9. The molecule has 4 rings (SSSR count). The van der Waals surface area contributed by atoms with E-state index in [0.29, 0.717) is 12.1 Å². The Morgan fingerprint density at radius 2 is 1.71 bits per heavy atom. The molecule has 28 heavy (non-hydrogen) atoms. The standard InChI is InChI=1S/C22H17F2N3O/c23-16-10-8-15(9-11-16)22-19(27-14-4-3-7-20(27)26-22)12-13-21(28)25-18-6-2-1-5-17(18)24/h1-11,14H,12-13H2,(H,25,28). The summed E-state index contributed by atoms with van der Waals surface area (Å²) < 4.78 is 28.9. The van der Waals surface area contributed by atoms with Gasteiger partial charge in [0.25, 0.3) is 0 Å². The molecule has 1 N–H and O–H groups in total. The van der Waals surface area contributed by atoms with Crippen molar-refractivity contribution < 1.29 is 13.6 Å². The third-order valence-electron chi connectivity index (χ3n) is 4.48. The average Bonchev–Trinajstić information content (AvgIpc) is 3.07. The molecular weight excluding hydrogens is 360 g/mol. The number of para-hydroxylation sites is 1. The largest absolute Gasteiger partial charge is 0.324 e. The first-order valence-electron chi connectivity index (χ1n) is 8.88. The number of fused-ring (bicyclic) bond motifs is 1. The molecule has 2 heterocycles. The van der Waals surface area contributed by atoms with Crippen LogP contribution < -0.4 is 5.32 Å². The molecule has 4 nitrogen and oxygen atoms in total. The SMILES string of the molecule is O=C(CCc1c(-c2ccc(F)cc2)nc2ccccn12)Nc1ccccc1F. The second-order valence-electron chi connectivity index (χ2n) is 6.37. The van der Waals surface area contributed by atoms with Gasteiger partial charge in [-0.05, 0) is 55.0 Å². The Balaban J connectivity index is 1.60.